The molecule has 0 atom stereocenters. The quantitative estimate of drug-likeness (QED) is 0.0500. The van der Waals surface area contributed by atoms with E-state index in [4.69, 9.17) is 0 Å². The molecule has 368 valence electrons. The second-order valence-corrected chi connectivity index (χ2v) is 21.5. The van der Waals surface area contributed by atoms with Crippen molar-refractivity contribution >= 4 is 74.9 Å². The normalized spacial score (nSPS) is 13.0. The van der Waals surface area contributed by atoms with E-state index >= 15 is 0 Å². The number of anilines is 2. The van der Waals surface area contributed by atoms with Crippen molar-refractivity contribution in [3.63, 3.8) is 0 Å². The molecule has 0 bridgehead atoms. The van der Waals surface area contributed by atoms with E-state index in [1.54, 1.807) is 23.5 Å². The number of aromatic nitrogens is 2. The van der Waals surface area contributed by atoms with Crippen molar-refractivity contribution in [1.82, 2.24) is 9.13 Å². The van der Waals surface area contributed by atoms with Crippen LogP contribution in [0.4, 0.5) is 11.4 Å². The summed E-state index contributed by atoms with van der Waals surface area (Å²) in [6.07, 6.45) is 19.1. The van der Waals surface area contributed by atoms with Gasteiger partial charge in [0.25, 0.3) is 5.56 Å². The lowest BCUT2D eigenvalue weighted by molar-refractivity contribution is -0.138. The first-order valence-electron chi connectivity index (χ1n) is 24.8. The number of benzene rings is 2. The zero-order chi connectivity index (χ0) is 49.9. The molecule has 0 aliphatic carbocycles. The van der Waals surface area contributed by atoms with Gasteiger partial charge in [-0.1, -0.05) is 103 Å². The standard InChI is InChI=1S/C56H64N4O7S3/c1-5-8-11-14-20-38-29-48(68-47(38)32-45-55(65)60(35-51(63)64)54(42(33-57)56(66)67)59(45)34-50(61)62)52-41(22-16-13-10-7-3)31-49(70-52)53-40(21-15-12-9-6-2)30-46(69-53)39-26-27-44-37(28-39)25-24-36-19-17-18-23-43(36)58(44)4/h17-19,23,26-32H,5-16,20-22,24-25,34-35H2,1-4H3,(H,61,62)(H,63,64)(H,66,67)/b45-32+,54-42-. The maximum Gasteiger partial charge on any atom is 0.350 e. The molecule has 0 amide bonds. The fourth-order valence-electron chi connectivity index (χ4n) is 9.63. The van der Waals surface area contributed by atoms with Crippen LogP contribution in [0.15, 0.2) is 65.5 Å². The first-order chi connectivity index (χ1) is 33.9. The van der Waals surface area contributed by atoms with Crippen LogP contribution in [0.1, 0.15) is 131 Å². The number of para-hydroxylation sites is 1. The minimum Gasteiger partial charge on any atom is -0.480 e. The predicted molar refractivity (Wildman–Crippen MR) is 285 cm³/mol. The number of imidazole rings is 1. The van der Waals surface area contributed by atoms with E-state index in [1.807, 2.05) is 11.3 Å². The molecule has 2 aromatic carbocycles. The number of unbranched alkanes of at least 4 members (excludes halogenated alkanes) is 9. The molecule has 0 spiro atoms. The highest BCUT2D eigenvalue weighted by Gasteiger charge is 2.25. The average molecular weight is 1000 g/mol. The Balaban J connectivity index is 1.38. The van der Waals surface area contributed by atoms with Crippen LogP contribution in [-0.4, -0.2) is 49.4 Å². The summed E-state index contributed by atoms with van der Waals surface area (Å²) in [6, 6.07) is 24.2. The topological polar surface area (TPSA) is 166 Å². The molecular formula is C56H64N4O7S3. The van der Waals surface area contributed by atoms with E-state index in [2.05, 4.69) is 93.4 Å². The number of rotatable bonds is 24. The second kappa shape index (κ2) is 24.2. The summed E-state index contributed by atoms with van der Waals surface area (Å²) in [6.45, 7) is 4.79. The summed E-state index contributed by atoms with van der Waals surface area (Å²) in [5, 5.41) is 39.5. The van der Waals surface area contributed by atoms with Gasteiger partial charge in [0.1, 0.15) is 30.0 Å². The van der Waals surface area contributed by atoms with Crippen LogP contribution in [-0.2, 0) is 59.6 Å². The first-order valence-corrected chi connectivity index (χ1v) is 27.3. The van der Waals surface area contributed by atoms with Crippen LogP contribution in [0.25, 0.3) is 41.6 Å². The van der Waals surface area contributed by atoms with Gasteiger partial charge in [0.2, 0.25) is 0 Å². The van der Waals surface area contributed by atoms with E-state index in [9.17, 15) is 39.8 Å². The molecule has 1 aliphatic heterocycles. The summed E-state index contributed by atoms with van der Waals surface area (Å²) in [4.78, 5) is 59.8. The van der Waals surface area contributed by atoms with Crippen molar-refractivity contribution < 1.29 is 29.7 Å². The maximum absolute atomic E-state index is 14.2. The summed E-state index contributed by atoms with van der Waals surface area (Å²) in [5.41, 5.74) is 7.63. The molecule has 0 unspecified atom stereocenters. The highest BCUT2D eigenvalue weighted by atomic mass is 32.1. The maximum atomic E-state index is 14.2. The number of thiophene rings is 3. The Morgan fingerprint density at radius 1 is 0.643 bits per heavy atom. The molecule has 5 heterocycles. The van der Waals surface area contributed by atoms with Crippen LogP contribution in [0, 0.1) is 11.3 Å². The number of aliphatic carboxylic acids is 3. The number of aryl methyl sites for hydroxylation is 5. The van der Waals surface area contributed by atoms with Crippen molar-refractivity contribution in [2.75, 3.05) is 11.9 Å². The summed E-state index contributed by atoms with van der Waals surface area (Å²) in [5.74, 6) is -4.53. The number of hydrogen-bond donors (Lipinski definition) is 3. The smallest absolute Gasteiger partial charge is 0.350 e. The summed E-state index contributed by atoms with van der Waals surface area (Å²) >= 11 is 5.16. The third-order valence-corrected chi connectivity index (χ3v) is 17.1. The fraction of sp³-hybridized carbons (Fsp3) is 0.411. The van der Waals surface area contributed by atoms with Crippen LogP contribution in [0.3, 0.4) is 0 Å². The highest BCUT2D eigenvalue weighted by molar-refractivity contribution is 7.27. The molecule has 70 heavy (non-hydrogen) atoms. The Bertz CT molecular complexity index is 3090. The number of hydrogen-bond acceptors (Lipinski definition) is 9. The van der Waals surface area contributed by atoms with Gasteiger partial charge in [-0.15, -0.1) is 34.0 Å². The van der Waals surface area contributed by atoms with Crippen molar-refractivity contribution in [1.29, 1.82) is 5.26 Å². The van der Waals surface area contributed by atoms with Gasteiger partial charge in [-0.05, 0) is 127 Å². The summed E-state index contributed by atoms with van der Waals surface area (Å²) in [7, 11) is 2.16. The Labute approximate surface area is 422 Å². The van der Waals surface area contributed by atoms with Gasteiger partial charge < -0.3 is 24.8 Å². The van der Waals surface area contributed by atoms with E-state index < -0.39 is 47.6 Å². The first kappa shape index (κ1) is 51.8. The molecule has 7 rings (SSSR count). The molecule has 0 saturated heterocycles. The van der Waals surface area contributed by atoms with E-state index in [0.29, 0.717) is 15.9 Å². The number of nitriles is 1. The number of nitrogens with zero attached hydrogens (tertiary/aromatic N) is 4. The lowest BCUT2D eigenvalue weighted by Crippen LogP contribution is -2.37. The number of carboxylic acids is 3. The number of carboxylic acid groups (broad SMARTS) is 3. The minimum absolute atomic E-state index is 0.199. The van der Waals surface area contributed by atoms with Gasteiger partial charge in [-0.25, -0.2) is 4.79 Å². The molecule has 3 N–H and O–H groups in total. The van der Waals surface area contributed by atoms with Gasteiger partial charge in [0.15, 0.2) is 5.57 Å². The van der Waals surface area contributed by atoms with Crippen molar-refractivity contribution in [2.24, 2.45) is 0 Å². The van der Waals surface area contributed by atoms with Crippen LogP contribution in [0.2, 0.25) is 0 Å². The van der Waals surface area contributed by atoms with Gasteiger partial charge in [0, 0.05) is 47.7 Å². The molecule has 14 heteroatoms. The third kappa shape index (κ3) is 11.9. The molecular weight excluding hydrogens is 937 g/mol. The van der Waals surface area contributed by atoms with E-state index in [1.165, 1.54) is 84.4 Å². The van der Waals surface area contributed by atoms with Crippen LogP contribution >= 0.6 is 34.0 Å². The second-order valence-electron chi connectivity index (χ2n) is 18.3. The van der Waals surface area contributed by atoms with Crippen molar-refractivity contribution in [3.8, 4) is 36.0 Å². The fourth-order valence-corrected chi connectivity index (χ4v) is 13.5. The van der Waals surface area contributed by atoms with Crippen LogP contribution < -0.4 is 21.3 Å². The third-order valence-electron chi connectivity index (χ3n) is 13.2. The van der Waals surface area contributed by atoms with Crippen molar-refractivity contribution in [2.45, 2.75) is 143 Å². The Hall–Kier alpha value is -6.01. The van der Waals surface area contributed by atoms with Gasteiger partial charge in [-0.3, -0.25) is 19.0 Å². The molecule has 0 fully saturated rings. The molecule has 0 radical (unpaired) electrons. The lowest BCUT2D eigenvalue weighted by Gasteiger charge is -2.22. The van der Waals surface area contributed by atoms with Gasteiger partial charge in [-0.2, -0.15) is 5.26 Å². The average Bonchev–Trinajstić information content (AvgIpc) is 4.10. The molecule has 6 aromatic rings. The van der Waals surface area contributed by atoms with Crippen molar-refractivity contribution in [3.05, 3.63) is 115 Å². The zero-order valence-electron chi connectivity index (χ0n) is 40.8. The van der Waals surface area contributed by atoms with Gasteiger partial charge in [0.05, 0.1) is 0 Å². The Kier molecular flexibility index (Phi) is 17.9. The molecule has 4 aromatic heterocycles. The Morgan fingerprint density at radius 2 is 1.17 bits per heavy atom. The molecule has 11 nitrogen and oxygen atoms in total. The number of fused-ring (bicyclic) bond motifs is 2. The van der Waals surface area contributed by atoms with Gasteiger partial charge >= 0.3 is 17.9 Å². The zero-order valence-corrected chi connectivity index (χ0v) is 43.2. The monoisotopic (exact) mass is 1000 g/mol. The SMILES string of the molecule is CCCCCCc1cc(-c2sc(-c3sc(-c4ccc5c(c4)CCc4ccccc4N5C)cc3CCCCCC)cc2CCCCCC)sc1/C=c1\c(=O)n(CC(=O)O)/c(=C(/C#N)C(=O)O)n1CC(=O)O. The van der Waals surface area contributed by atoms with Crippen LogP contribution in [0.5, 0.6) is 0 Å². The molecule has 0 saturated carbocycles. The largest absolute Gasteiger partial charge is 0.480 e. The minimum atomic E-state index is -1.70. The number of carbonyl (C=O) groups is 3. The summed E-state index contributed by atoms with van der Waals surface area (Å²) < 4.78 is 1.64. The highest BCUT2D eigenvalue weighted by Crippen LogP contribution is 2.48. The van der Waals surface area contributed by atoms with E-state index in [0.717, 1.165) is 103 Å². The lowest BCUT2D eigenvalue weighted by atomic mass is 10.0. The molecule has 1 aliphatic rings. The van der Waals surface area contributed by atoms with E-state index in [-0.39, 0.29) is 5.35 Å². The predicted octanol–water partition coefficient (Wildman–Crippen LogP) is 11.8. The Morgan fingerprint density at radius 3 is 1.77 bits per heavy atom.